The van der Waals surface area contributed by atoms with Gasteiger partial charge in [0.1, 0.15) is 6.10 Å². The van der Waals surface area contributed by atoms with Gasteiger partial charge in [0.2, 0.25) is 0 Å². The molecule has 27 heavy (non-hydrogen) atoms. The summed E-state index contributed by atoms with van der Waals surface area (Å²) in [6.45, 7) is 4.45. The van der Waals surface area contributed by atoms with Crippen LogP contribution < -0.4 is 0 Å². The van der Waals surface area contributed by atoms with Crippen LogP contribution >= 0.6 is 0 Å². The van der Waals surface area contributed by atoms with E-state index < -0.39 is 24.3 Å². The maximum absolute atomic E-state index is 11.8. The van der Waals surface area contributed by atoms with Gasteiger partial charge in [-0.3, -0.25) is 0 Å². The molecule has 3 atom stereocenters. The molecule has 0 aliphatic heterocycles. The maximum atomic E-state index is 11.8. The molecule has 0 spiro atoms. The first-order valence-corrected chi connectivity index (χ1v) is 10.2. The van der Waals surface area contributed by atoms with E-state index >= 15 is 0 Å². The highest BCUT2D eigenvalue weighted by Gasteiger charge is 2.24. The van der Waals surface area contributed by atoms with Gasteiger partial charge in [-0.15, -0.1) is 0 Å². The fourth-order valence-electron chi connectivity index (χ4n) is 2.96. The molecule has 3 N–H and O–H groups in total. The molecule has 5 nitrogen and oxygen atoms in total. The molecule has 1 rings (SSSR count). The number of aliphatic hydroxyl groups excluding tert-OH is 3. The van der Waals surface area contributed by atoms with Crippen molar-refractivity contribution in [3.05, 3.63) is 35.9 Å². The van der Waals surface area contributed by atoms with Crippen LogP contribution in [-0.4, -0.2) is 46.2 Å². The van der Waals surface area contributed by atoms with Gasteiger partial charge in [0.25, 0.3) is 0 Å². The van der Waals surface area contributed by atoms with Crippen molar-refractivity contribution in [2.24, 2.45) is 5.92 Å². The maximum Gasteiger partial charge on any atom is 0.338 e. The van der Waals surface area contributed by atoms with E-state index in [4.69, 9.17) is 4.74 Å². The van der Waals surface area contributed by atoms with Crippen LogP contribution in [0.25, 0.3) is 0 Å². The fourth-order valence-corrected chi connectivity index (χ4v) is 2.96. The minimum absolute atomic E-state index is 0.00543. The minimum atomic E-state index is -1.22. The molecule has 0 saturated carbocycles. The topological polar surface area (TPSA) is 87.0 Å². The highest BCUT2D eigenvalue weighted by Crippen LogP contribution is 2.15. The molecule has 5 heteroatoms. The third-order valence-electron chi connectivity index (χ3n) is 4.73. The largest absolute Gasteiger partial charge is 0.462 e. The zero-order valence-electron chi connectivity index (χ0n) is 16.7. The lowest BCUT2D eigenvalue weighted by Crippen LogP contribution is -2.38. The van der Waals surface area contributed by atoms with Crippen LogP contribution in [0.1, 0.15) is 75.6 Å². The Morgan fingerprint density at radius 1 is 0.852 bits per heavy atom. The van der Waals surface area contributed by atoms with E-state index in [-0.39, 0.29) is 13.0 Å². The first kappa shape index (κ1) is 23.6. The van der Waals surface area contributed by atoms with Gasteiger partial charge in [0.05, 0.1) is 24.4 Å². The third kappa shape index (κ3) is 10.5. The summed E-state index contributed by atoms with van der Waals surface area (Å²) in [7, 11) is 0. The van der Waals surface area contributed by atoms with Crippen LogP contribution in [0.4, 0.5) is 0 Å². The molecule has 0 fully saturated rings. The molecular formula is C22H36O5. The van der Waals surface area contributed by atoms with Crippen molar-refractivity contribution >= 4 is 5.97 Å². The van der Waals surface area contributed by atoms with Crippen molar-refractivity contribution in [3.8, 4) is 0 Å². The SMILES string of the molecule is CC(C)CCCCCCCC(O)C(O)C(O)CCOC(=O)c1ccccc1. The molecule has 0 aliphatic rings. The second-order valence-electron chi connectivity index (χ2n) is 7.65. The van der Waals surface area contributed by atoms with E-state index in [1.807, 2.05) is 6.07 Å². The van der Waals surface area contributed by atoms with Gasteiger partial charge in [-0.2, -0.15) is 0 Å². The van der Waals surface area contributed by atoms with Crippen molar-refractivity contribution in [2.75, 3.05) is 6.61 Å². The van der Waals surface area contributed by atoms with Crippen molar-refractivity contribution in [3.63, 3.8) is 0 Å². The van der Waals surface area contributed by atoms with Crippen molar-refractivity contribution in [1.82, 2.24) is 0 Å². The van der Waals surface area contributed by atoms with E-state index in [1.165, 1.54) is 19.3 Å². The predicted molar refractivity (Wildman–Crippen MR) is 107 cm³/mol. The number of ether oxygens (including phenoxy) is 1. The summed E-state index contributed by atoms with van der Waals surface area (Å²) in [5, 5.41) is 30.1. The highest BCUT2D eigenvalue weighted by molar-refractivity contribution is 5.89. The Hall–Kier alpha value is -1.43. The molecule has 0 aromatic heterocycles. The Balaban J connectivity index is 2.13. The van der Waals surface area contributed by atoms with Gasteiger partial charge < -0.3 is 20.1 Å². The summed E-state index contributed by atoms with van der Waals surface area (Å²) in [5.41, 5.74) is 0.445. The second kappa shape index (κ2) is 13.7. The van der Waals surface area contributed by atoms with Crippen molar-refractivity contribution in [1.29, 1.82) is 0 Å². The first-order valence-electron chi connectivity index (χ1n) is 10.2. The number of hydrogen-bond acceptors (Lipinski definition) is 5. The van der Waals surface area contributed by atoms with Gasteiger partial charge in [0.15, 0.2) is 0 Å². The average molecular weight is 381 g/mol. The van der Waals surface area contributed by atoms with Gasteiger partial charge in [0, 0.05) is 6.42 Å². The highest BCUT2D eigenvalue weighted by atomic mass is 16.5. The normalized spacial score (nSPS) is 14.7. The molecule has 0 bridgehead atoms. The Morgan fingerprint density at radius 3 is 2.04 bits per heavy atom. The standard InChI is InChI=1S/C22H36O5/c1-17(2)11-7-4-3-5-10-14-19(23)21(25)20(24)15-16-27-22(26)18-12-8-6-9-13-18/h6,8-9,12-13,17,19-21,23-25H,3-5,7,10-11,14-16H2,1-2H3. The lowest BCUT2D eigenvalue weighted by atomic mass is 9.99. The summed E-state index contributed by atoms with van der Waals surface area (Å²) >= 11 is 0. The summed E-state index contributed by atoms with van der Waals surface area (Å²) in [6.07, 6.45) is 3.93. The molecule has 0 heterocycles. The summed E-state index contributed by atoms with van der Waals surface area (Å²) < 4.78 is 5.09. The van der Waals surface area contributed by atoms with Crippen molar-refractivity contribution < 1.29 is 24.9 Å². The lowest BCUT2D eigenvalue weighted by molar-refractivity contribution is -0.0694. The monoisotopic (exact) mass is 380 g/mol. The quantitative estimate of drug-likeness (QED) is 0.338. The molecule has 0 aliphatic carbocycles. The molecule has 3 unspecified atom stereocenters. The average Bonchev–Trinajstić information content (AvgIpc) is 2.66. The summed E-state index contributed by atoms with van der Waals surface area (Å²) in [4.78, 5) is 11.8. The van der Waals surface area contributed by atoms with Crippen LogP contribution in [0.15, 0.2) is 30.3 Å². The second-order valence-corrected chi connectivity index (χ2v) is 7.65. The number of aliphatic hydroxyl groups is 3. The summed E-state index contributed by atoms with van der Waals surface area (Å²) in [6, 6.07) is 8.61. The lowest BCUT2D eigenvalue weighted by Gasteiger charge is -2.22. The smallest absolute Gasteiger partial charge is 0.338 e. The Kier molecular flexibility index (Phi) is 12.0. The predicted octanol–water partition coefficient (Wildman–Crippen LogP) is 3.70. The molecule has 1 aromatic rings. The Bertz CT molecular complexity index is 503. The van der Waals surface area contributed by atoms with Gasteiger partial charge >= 0.3 is 5.97 Å². The van der Waals surface area contributed by atoms with E-state index in [1.54, 1.807) is 24.3 Å². The molecule has 0 amide bonds. The molecule has 0 radical (unpaired) electrons. The zero-order chi connectivity index (χ0) is 20.1. The first-order chi connectivity index (χ1) is 12.9. The number of benzene rings is 1. The number of rotatable bonds is 14. The number of unbranched alkanes of at least 4 members (excludes halogenated alkanes) is 4. The number of esters is 1. The molecule has 154 valence electrons. The zero-order valence-corrected chi connectivity index (χ0v) is 16.7. The Morgan fingerprint density at radius 2 is 1.41 bits per heavy atom. The van der Waals surface area contributed by atoms with E-state index in [0.29, 0.717) is 12.0 Å². The van der Waals surface area contributed by atoms with Gasteiger partial charge in [-0.05, 0) is 24.5 Å². The number of hydrogen-bond donors (Lipinski definition) is 3. The van der Waals surface area contributed by atoms with Gasteiger partial charge in [-0.25, -0.2) is 4.79 Å². The molecule has 0 saturated heterocycles. The van der Waals surface area contributed by atoms with Gasteiger partial charge in [-0.1, -0.05) is 70.6 Å². The van der Waals surface area contributed by atoms with E-state index in [2.05, 4.69) is 13.8 Å². The van der Waals surface area contributed by atoms with Crippen LogP contribution in [0.5, 0.6) is 0 Å². The van der Waals surface area contributed by atoms with Crippen LogP contribution in [0.3, 0.4) is 0 Å². The Labute approximate surface area is 163 Å². The minimum Gasteiger partial charge on any atom is -0.462 e. The van der Waals surface area contributed by atoms with E-state index in [9.17, 15) is 20.1 Å². The molecular weight excluding hydrogens is 344 g/mol. The van der Waals surface area contributed by atoms with Crippen molar-refractivity contribution in [2.45, 2.75) is 83.5 Å². The number of carbonyl (C=O) groups excluding carboxylic acids is 1. The fraction of sp³-hybridized carbons (Fsp3) is 0.682. The van der Waals surface area contributed by atoms with Crippen LogP contribution in [0.2, 0.25) is 0 Å². The van der Waals surface area contributed by atoms with Crippen LogP contribution in [0, 0.1) is 5.92 Å². The van der Waals surface area contributed by atoms with E-state index in [0.717, 1.165) is 25.2 Å². The number of carbonyl (C=O) groups is 1. The molecule has 1 aromatic carbocycles. The third-order valence-corrected chi connectivity index (χ3v) is 4.73. The van der Waals surface area contributed by atoms with Crippen LogP contribution in [-0.2, 0) is 4.74 Å². The summed E-state index contributed by atoms with van der Waals surface area (Å²) in [5.74, 6) is 0.283.